The van der Waals surface area contributed by atoms with Crippen LogP contribution in [0.3, 0.4) is 0 Å². The van der Waals surface area contributed by atoms with E-state index in [0.29, 0.717) is 23.7 Å². The predicted molar refractivity (Wildman–Crippen MR) is 117 cm³/mol. The Bertz CT molecular complexity index is 924. The van der Waals surface area contributed by atoms with Gasteiger partial charge in [-0.05, 0) is 30.5 Å². The normalized spacial score (nSPS) is 20.3. The van der Waals surface area contributed by atoms with Gasteiger partial charge in [0.1, 0.15) is 18.2 Å². The number of carbonyl (C=O) groups excluding carboxylic acids is 1. The van der Waals surface area contributed by atoms with Crippen molar-refractivity contribution < 1.29 is 9.53 Å². The molecule has 6 nitrogen and oxygen atoms in total. The molecule has 0 bridgehead atoms. The highest BCUT2D eigenvalue weighted by Gasteiger charge is 2.32. The van der Waals surface area contributed by atoms with E-state index in [9.17, 15) is 9.59 Å². The molecule has 2 N–H and O–H groups in total. The van der Waals surface area contributed by atoms with Crippen molar-refractivity contribution in [1.82, 2.24) is 9.78 Å². The highest BCUT2D eigenvalue weighted by atomic mass is 32.2. The van der Waals surface area contributed by atoms with Crippen LogP contribution in [0.4, 0.5) is 5.82 Å². The summed E-state index contributed by atoms with van der Waals surface area (Å²) in [6, 6.07) is 7.97. The average Bonchev–Trinajstić information content (AvgIpc) is 2.94. The molecule has 1 aliphatic carbocycles. The first-order valence-electron chi connectivity index (χ1n) is 10.3. The van der Waals surface area contributed by atoms with Crippen molar-refractivity contribution in [2.45, 2.75) is 49.8 Å². The van der Waals surface area contributed by atoms with Gasteiger partial charge in [0, 0.05) is 0 Å². The second-order valence-electron chi connectivity index (χ2n) is 7.63. The van der Waals surface area contributed by atoms with Crippen molar-refractivity contribution in [2.24, 2.45) is 0 Å². The zero-order valence-corrected chi connectivity index (χ0v) is 17.3. The summed E-state index contributed by atoms with van der Waals surface area (Å²) in [5, 5.41) is 5.84. The SMILES string of the molecule is C=CCOc1ccc([C@H]2SCC(=O)Nc3c2c(=O)[nH]n3C2CCCCCC2)cc1. The minimum Gasteiger partial charge on any atom is -0.490 e. The number of aromatic nitrogens is 2. The van der Waals surface area contributed by atoms with Gasteiger partial charge in [0.2, 0.25) is 5.91 Å². The molecule has 2 aliphatic rings. The molecule has 4 rings (SSSR count). The lowest BCUT2D eigenvalue weighted by atomic mass is 10.1. The number of rotatable bonds is 5. The first kappa shape index (κ1) is 19.9. The first-order valence-corrected chi connectivity index (χ1v) is 11.3. The molecule has 1 fully saturated rings. The molecule has 1 aromatic carbocycles. The number of ether oxygens (including phenoxy) is 1. The number of nitrogens with zero attached hydrogens (tertiary/aromatic N) is 1. The topological polar surface area (TPSA) is 76.1 Å². The third-order valence-corrected chi connectivity index (χ3v) is 6.87. The number of hydrogen-bond donors (Lipinski definition) is 2. The molecule has 154 valence electrons. The molecule has 29 heavy (non-hydrogen) atoms. The van der Waals surface area contributed by atoms with Gasteiger partial charge in [-0.1, -0.05) is 50.5 Å². The monoisotopic (exact) mass is 413 g/mol. The summed E-state index contributed by atoms with van der Waals surface area (Å²) < 4.78 is 7.50. The van der Waals surface area contributed by atoms with Crippen LogP contribution in [0.1, 0.15) is 60.9 Å². The summed E-state index contributed by atoms with van der Waals surface area (Å²) in [5.74, 6) is 1.66. The summed E-state index contributed by atoms with van der Waals surface area (Å²) in [5.41, 5.74) is 1.52. The molecule has 1 atom stereocenters. The summed E-state index contributed by atoms with van der Waals surface area (Å²) in [6.07, 6.45) is 8.52. The lowest BCUT2D eigenvalue weighted by Gasteiger charge is -2.19. The molecule has 1 amide bonds. The van der Waals surface area contributed by atoms with E-state index < -0.39 is 0 Å². The first-order chi connectivity index (χ1) is 14.2. The molecule has 2 aromatic rings. The van der Waals surface area contributed by atoms with E-state index in [4.69, 9.17) is 4.74 Å². The minimum absolute atomic E-state index is 0.0638. The van der Waals surface area contributed by atoms with Crippen LogP contribution in [0.5, 0.6) is 5.75 Å². The van der Waals surface area contributed by atoms with E-state index in [2.05, 4.69) is 17.0 Å². The van der Waals surface area contributed by atoms with E-state index in [1.165, 1.54) is 24.6 Å². The Hall–Kier alpha value is -2.41. The summed E-state index contributed by atoms with van der Waals surface area (Å²) in [4.78, 5) is 25.4. The number of fused-ring (bicyclic) bond motifs is 1. The fourth-order valence-electron chi connectivity index (χ4n) is 4.19. The van der Waals surface area contributed by atoms with Crippen molar-refractivity contribution in [3.8, 4) is 5.75 Å². The number of nitrogens with one attached hydrogen (secondary N) is 2. The molecular formula is C22H27N3O3S. The fourth-order valence-corrected chi connectivity index (χ4v) is 5.32. The number of amides is 1. The van der Waals surface area contributed by atoms with Gasteiger partial charge in [0.15, 0.2) is 0 Å². The Morgan fingerprint density at radius 3 is 2.55 bits per heavy atom. The summed E-state index contributed by atoms with van der Waals surface area (Å²) >= 11 is 1.49. The third-order valence-electron chi connectivity index (χ3n) is 5.60. The molecular weight excluding hydrogens is 386 g/mol. The second-order valence-corrected chi connectivity index (χ2v) is 8.72. The molecule has 0 unspecified atom stereocenters. The van der Waals surface area contributed by atoms with Gasteiger partial charge < -0.3 is 10.1 Å². The van der Waals surface area contributed by atoms with Gasteiger partial charge in [0.25, 0.3) is 5.56 Å². The fraction of sp³-hybridized carbons (Fsp3) is 0.455. The van der Waals surface area contributed by atoms with E-state index in [1.807, 2.05) is 28.9 Å². The Morgan fingerprint density at radius 2 is 1.86 bits per heavy atom. The average molecular weight is 414 g/mol. The predicted octanol–water partition coefficient (Wildman–Crippen LogP) is 4.41. The Balaban J connectivity index is 1.70. The quantitative estimate of drug-likeness (QED) is 0.562. The molecule has 0 radical (unpaired) electrons. The number of carbonyl (C=O) groups is 1. The zero-order valence-electron chi connectivity index (χ0n) is 16.5. The van der Waals surface area contributed by atoms with Gasteiger partial charge >= 0.3 is 0 Å². The smallest absolute Gasteiger partial charge is 0.270 e. The number of benzene rings is 1. The van der Waals surface area contributed by atoms with Crippen molar-refractivity contribution in [3.63, 3.8) is 0 Å². The maximum atomic E-state index is 13.0. The molecule has 7 heteroatoms. The van der Waals surface area contributed by atoms with Gasteiger partial charge in [-0.3, -0.25) is 19.4 Å². The number of thioether (sulfide) groups is 1. The second kappa shape index (κ2) is 8.95. The molecule has 1 aromatic heterocycles. The maximum absolute atomic E-state index is 13.0. The summed E-state index contributed by atoms with van der Waals surface area (Å²) in [7, 11) is 0. The molecule has 2 heterocycles. The van der Waals surface area contributed by atoms with Crippen LogP contribution in [0.15, 0.2) is 41.7 Å². The van der Waals surface area contributed by atoms with Crippen molar-refractivity contribution in [3.05, 3.63) is 58.4 Å². The standard InChI is InChI=1S/C22H27N3O3S/c1-2-13-28-17-11-9-15(10-12-17)20-19-21(23-18(26)14-29-20)25(24-22(19)27)16-7-5-3-4-6-8-16/h2,9-12,16,20H,1,3-8,13-14H2,(H,23,26)(H,24,27)/t20-/m1/s1. The lowest BCUT2D eigenvalue weighted by molar-refractivity contribution is -0.113. The van der Waals surface area contributed by atoms with E-state index >= 15 is 0 Å². The molecule has 1 aliphatic heterocycles. The lowest BCUT2D eigenvalue weighted by Crippen LogP contribution is -2.19. The zero-order chi connectivity index (χ0) is 20.2. The highest BCUT2D eigenvalue weighted by Crippen LogP contribution is 2.41. The molecule has 0 saturated heterocycles. The van der Waals surface area contributed by atoms with Crippen LogP contribution in [0.2, 0.25) is 0 Å². The Kier molecular flexibility index (Phi) is 6.13. The van der Waals surface area contributed by atoms with Crippen molar-refractivity contribution >= 4 is 23.5 Å². The van der Waals surface area contributed by atoms with Crippen LogP contribution in [-0.4, -0.2) is 28.0 Å². The van der Waals surface area contributed by atoms with E-state index in [0.717, 1.165) is 37.0 Å². The van der Waals surface area contributed by atoms with Gasteiger partial charge in [-0.25, -0.2) is 0 Å². The van der Waals surface area contributed by atoms with Crippen LogP contribution in [-0.2, 0) is 4.79 Å². The van der Waals surface area contributed by atoms with Gasteiger partial charge in [-0.15, -0.1) is 11.8 Å². The molecule has 1 saturated carbocycles. The number of aromatic amines is 1. The van der Waals surface area contributed by atoms with E-state index in [-0.39, 0.29) is 22.8 Å². The number of H-pyrrole nitrogens is 1. The number of anilines is 1. The Labute approximate surface area is 174 Å². The largest absolute Gasteiger partial charge is 0.490 e. The van der Waals surface area contributed by atoms with Crippen LogP contribution in [0.25, 0.3) is 0 Å². The summed E-state index contributed by atoms with van der Waals surface area (Å²) in [6.45, 7) is 4.11. The van der Waals surface area contributed by atoms with E-state index in [1.54, 1.807) is 6.08 Å². The van der Waals surface area contributed by atoms with Crippen LogP contribution < -0.4 is 15.6 Å². The van der Waals surface area contributed by atoms with Crippen molar-refractivity contribution in [2.75, 3.05) is 17.7 Å². The van der Waals surface area contributed by atoms with Crippen LogP contribution >= 0.6 is 11.8 Å². The number of hydrogen-bond acceptors (Lipinski definition) is 4. The van der Waals surface area contributed by atoms with Gasteiger partial charge in [-0.2, -0.15) is 0 Å². The highest BCUT2D eigenvalue weighted by molar-refractivity contribution is 8.00. The Morgan fingerprint density at radius 1 is 1.14 bits per heavy atom. The molecule has 0 spiro atoms. The third kappa shape index (κ3) is 4.29. The van der Waals surface area contributed by atoms with Crippen LogP contribution in [0, 0.1) is 0 Å². The van der Waals surface area contributed by atoms with Crippen molar-refractivity contribution in [1.29, 1.82) is 0 Å². The minimum atomic E-state index is -0.201. The van der Waals surface area contributed by atoms with Gasteiger partial charge in [0.05, 0.1) is 22.6 Å². The maximum Gasteiger partial charge on any atom is 0.270 e.